The lowest BCUT2D eigenvalue weighted by Crippen LogP contribution is -2.06. The van der Waals surface area contributed by atoms with Crippen LogP contribution < -0.4 is 0 Å². The lowest BCUT2D eigenvalue weighted by atomic mass is 10.1. The minimum absolute atomic E-state index is 0.0849. The van der Waals surface area contributed by atoms with Crippen molar-refractivity contribution in [3.63, 3.8) is 0 Å². The van der Waals surface area contributed by atoms with Gasteiger partial charge in [-0.3, -0.25) is 0 Å². The Balaban J connectivity index is 3.31. The van der Waals surface area contributed by atoms with E-state index in [0.29, 0.717) is 17.1 Å². The van der Waals surface area contributed by atoms with Gasteiger partial charge in [0.05, 0.1) is 0 Å². The van der Waals surface area contributed by atoms with Crippen LogP contribution in [0.5, 0.6) is 0 Å². The maximum absolute atomic E-state index is 10.6. The number of rotatable bonds is 7. The van der Waals surface area contributed by atoms with Crippen LogP contribution in [0.25, 0.3) is 0 Å². The normalized spacial score (nSPS) is 15.0. The van der Waals surface area contributed by atoms with E-state index in [2.05, 4.69) is 32.9 Å². The van der Waals surface area contributed by atoms with Crippen LogP contribution in [0.15, 0.2) is 33.9 Å². The van der Waals surface area contributed by atoms with Crippen LogP contribution in [0.2, 0.25) is 0 Å². The second-order valence-electron chi connectivity index (χ2n) is 4.22. The summed E-state index contributed by atoms with van der Waals surface area (Å²) in [6.07, 6.45) is 0. The molecule has 7 nitrogen and oxygen atoms in total. The summed E-state index contributed by atoms with van der Waals surface area (Å²) in [7, 11) is -0.830. The van der Waals surface area contributed by atoms with E-state index in [9.17, 15) is 19.9 Å². The maximum atomic E-state index is 10.6. The highest BCUT2D eigenvalue weighted by Crippen LogP contribution is 2.61. The SMILES string of the molecule is CCS(CC)=P(O)(ON=C(C#N)c1cccc(Br)c1)OP(O)(O)=S. The molecule has 0 heterocycles. The standard InChI is InChI=1S/C12H17BrN2O5P2S2/c1-3-24(4-2)22(18,20-21(16,17)23)19-15-12(9-14)10-6-5-7-11(13)8-10/h5-8,18H,3-4H2,1-2H3,(H2,16,17,23). The van der Waals surface area contributed by atoms with Crippen molar-refractivity contribution in [3.8, 4) is 6.07 Å². The largest absolute Gasteiger partial charge is 0.365 e. The van der Waals surface area contributed by atoms with Gasteiger partial charge in [0.1, 0.15) is 6.07 Å². The molecule has 0 aliphatic carbocycles. The number of nitrogens with zero attached hydrogens (tertiary/aromatic N) is 2. The second kappa shape index (κ2) is 9.58. The van der Waals surface area contributed by atoms with Gasteiger partial charge >= 0.3 is 13.4 Å². The third-order valence-corrected chi connectivity index (χ3v) is 12.0. The Bertz CT molecular complexity index is 769. The van der Waals surface area contributed by atoms with Crippen LogP contribution in [0.1, 0.15) is 19.4 Å². The van der Waals surface area contributed by atoms with Crippen LogP contribution >= 0.6 is 29.4 Å². The predicted octanol–water partition coefficient (Wildman–Crippen LogP) is 3.25. The molecule has 1 aromatic rings. The molecule has 0 radical (unpaired) electrons. The topological polar surface area (TPSA) is 115 Å². The predicted molar refractivity (Wildman–Crippen MR) is 105 cm³/mol. The van der Waals surface area contributed by atoms with Gasteiger partial charge in [-0.05, 0) is 35.4 Å². The summed E-state index contributed by atoms with van der Waals surface area (Å²) in [5.41, 5.74) is 0.386. The molecule has 12 heteroatoms. The van der Waals surface area contributed by atoms with Crippen molar-refractivity contribution in [3.05, 3.63) is 34.3 Å². The highest BCUT2D eigenvalue weighted by atomic mass is 79.9. The summed E-state index contributed by atoms with van der Waals surface area (Å²) in [5, 5.41) is 12.9. The molecule has 1 rings (SSSR count). The molecule has 1 aromatic carbocycles. The van der Waals surface area contributed by atoms with Crippen LogP contribution in [0.3, 0.4) is 0 Å². The monoisotopic (exact) mass is 474 g/mol. The number of oxime groups is 1. The molecule has 0 amide bonds. The number of halogens is 1. The highest BCUT2D eigenvalue weighted by molar-refractivity contribution is 9.10. The first-order chi connectivity index (χ1) is 11.1. The van der Waals surface area contributed by atoms with E-state index in [1.807, 2.05) is 6.07 Å². The van der Waals surface area contributed by atoms with E-state index >= 15 is 0 Å². The molecule has 0 spiro atoms. The minimum atomic E-state index is -4.16. The molecule has 0 bridgehead atoms. The quantitative estimate of drug-likeness (QED) is 0.315. The zero-order valence-corrected chi connectivity index (χ0v) is 17.9. The molecule has 0 saturated carbocycles. The Labute approximate surface area is 156 Å². The van der Waals surface area contributed by atoms with Gasteiger partial charge in [0, 0.05) is 10.0 Å². The fraction of sp³-hybridized carbons (Fsp3) is 0.333. The second-order valence-corrected chi connectivity index (χ2v) is 14.3. The molecular formula is C12H17BrN2O5P2S2. The number of benzene rings is 1. The first-order valence-electron chi connectivity index (χ1n) is 6.64. The first kappa shape index (κ1) is 22.0. The van der Waals surface area contributed by atoms with Crippen molar-refractivity contribution >= 4 is 57.0 Å². The van der Waals surface area contributed by atoms with Crippen LogP contribution in [-0.2, 0) is 30.8 Å². The summed E-state index contributed by atoms with van der Waals surface area (Å²) >= 11 is 7.73. The van der Waals surface area contributed by atoms with Gasteiger partial charge in [-0.25, -0.2) is 4.31 Å². The van der Waals surface area contributed by atoms with Gasteiger partial charge in [0.25, 0.3) is 0 Å². The minimum Gasteiger partial charge on any atom is -0.324 e. The molecule has 1 unspecified atom stereocenters. The van der Waals surface area contributed by atoms with Crippen molar-refractivity contribution in [1.82, 2.24) is 0 Å². The van der Waals surface area contributed by atoms with Gasteiger partial charge < -0.3 is 19.3 Å². The summed E-state index contributed by atoms with van der Waals surface area (Å²) in [5.74, 6) is 0.953. The lowest BCUT2D eigenvalue weighted by molar-refractivity contribution is 0.254. The zero-order chi connectivity index (χ0) is 18.4. The number of nitriles is 1. The average molecular weight is 475 g/mol. The van der Waals surface area contributed by atoms with Crippen molar-refractivity contribution in [2.24, 2.45) is 5.16 Å². The van der Waals surface area contributed by atoms with Crippen molar-refractivity contribution < 1.29 is 23.6 Å². The third kappa shape index (κ3) is 6.68. The summed E-state index contributed by atoms with van der Waals surface area (Å²) < 4.78 is 10.8. The third-order valence-electron chi connectivity index (χ3n) is 2.64. The first-order valence-corrected chi connectivity index (χ1v) is 13.8. The van der Waals surface area contributed by atoms with E-state index < -0.39 is 23.5 Å². The Morgan fingerprint density at radius 3 is 2.46 bits per heavy atom. The lowest BCUT2D eigenvalue weighted by Gasteiger charge is -2.23. The highest BCUT2D eigenvalue weighted by Gasteiger charge is 2.30. The van der Waals surface area contributed by atoms with Crippen molar-refractivity contribution in [2.75, 3.05) is 11.5 Å². The van der Waals surface area contributed by atoms with E-state index in [4.69, 9.17) is 8.94 Å². The smallest absolute Gasteiger partial charge is 0.324 e. The Morgan fingerprint density at radius 2 is 2.00 bits per heavy atom. The van der Waals surface area contributed by atoms with E-state index in [1.54, 1.807) is 38.1 Å². The van der Waals surface area contributed by atoms with Crippen LogP contribution in [0.4, 0.5) is 0 Å². The summed E-state index contributed by atoms with van der Waals surface area (Å²) in [6, 6.07) is 8.68. The number of hydrogen-bond acceptors (Lipinski definition) is 5. The zero-order valence-electron chi connectivity index (χ0n) is 12.9. The maximum Gasteiger partial charge on any atom is 0.365 e. The number of hydrogen-bond donors (Lipinski definition) is 3. The van der Waals surface area contributed by atoms with Gasteiger partial charge in [-0.15, -0.1) is 10.1 Å². The average Bonchev–Trinajstić information content (AvgIpc) is 2.47. The molecular weight excluding hydrogens is 458 g/mol. The Hall–Kier alpha value is -0.0700. The fourth-order valence-corrected chi connectivity index (χ4v) is 10.2. The summed E-state index contributed by atoms with van der Waals surface area (Å²) in [4.78, 5) is 29.4. The van der Waals surface area contributed by atoms with E-state index in [1.165, 1.54) is 0 Å². The van der Waals surface area contributed by atoms with Crippen LogP contribution in [0, 0.1) is 11.3 Å². The van der Waals surface area contributed by atoms with E-state index in [0.717, 1.165) is 4.47 Å². The molecule has 0 aliphatic rings. The van der Waals surface area contributed by atoms with Gasteiger partial charge in [0.15, 0.2) is 5.71 Å². The Morgan fingerprint density at radius 1 is 1.38 bits per heavy atom. The van der Waals surface area contributed by atoms with Crippen LogP contribution in [-0.4, -0.2) is 31.9 Å². The molecule has 3 N–H and O–H groups in total. The van der Waals surface area contributed by atoms with Crippen molar-refractivity contribution in [2.45, 2.75) is 13.8 Å². The van der Waals surface area contributed by atoms with Crippen molar-refractivity contribution in [1.29, 1.82) is 5.26 Å². The molecule has 0 aliphatic heterocycles. The molecule has 24 heavy (non-hydrogen) atoms. The molecule has 1 atom stereocenters. The van der Waals surface area contributed by atoms with Gasteiger partial charge in [-0.2, -0.15) is 5.26 Å². The fourth-order valence-electron chi connectivity index (χ4n) is 1.64. The molecule has 134 valence electrons. The molecule has 0 saturated heterocycles. The summed E-state index contributed by atoms with van der Waals surface area (Å²) in [6.45, 7) is -4.34. The van der Waals surface area contributed by atoms with E-state index in [-0.39, 0.29) is 5.71 Å². The Kier molecular flexibility index (Phi) is 8.77. The van der Waals surface area contributed by atoms with Gasteiger partial charge in [-0.1, -0.05) is 47.1 Å². The molecule has 0 aromatic heterocycles. The van der Waals surface area contributed by atoms with Gasteiger partial charge in [0.2, 0.25) is 0 Å². The molecule has 0 fully saturated rings.